The average Bonchev–Trinajstić information content (AvgIpc) is 3.49. The van der Waals surface area contributed by atoms with Gasteiger partial charge in [-0.25, -0.2) is 12.8 Å². The molecule has 2 saturated heterocycles. The van der Waals surface area contributed by atoms with Crippen LogP contribution in [0.1, 0.15) is 38.7 Å². The maximum Gasteiger partial charge on any atom is 0.245 e. The van der Waals surface area contributed by atoms with E-state index in [9.17, 15) is 22.4 Å². The van der Waals surface area contributed by atoms with Crippen LogP contribution in [0.5, 0.6) is 0 Å². The number of fused-ring (bicyclic) bond motifs is 2. The Kier molecular flexibility index (Phi) is 6.96. The molecule has 0 unspecified atom stereocenters. The van der Waals surface area contributed by atoms with Crippen LogP contribution in [0.3, 0.4) is 0 Å². The van der Waals surface area contributed by atoms with Crippen molar-refractivity contribution in [3.05, 3.63) is 35.8 Å². The molecule has 0 bridgehead atoms. The summed E-state index contributed by atoms with van der Waals surface area (Å²) in [6, 6.07) is 2.54. The van der Waals surface area contributed by atoms with Gasteiger partial charge >= 0.3 is 0 Å². The van der Waals surface area contributed by atoms with Gasteiger partial charge < -0.3 is 20.5 Å². The van der Waals surface area contributed by atoms with Crippen molar-refractivity contribution in [2.24, 2.45) is 5.92 Å². The van der Waals surface area contributed by atoms with Crippen molar-refractivity contribution < 1.29 is 22.4 Å². The molecule has 2 aliphatic rings. The molecule has 0 radical (unpaired) electrons. The maximum absolute atomic E-state index is 13.8. The van der Waals surface area contributed by atoms with Gasteiger partial charge in [0, 0.05) is 42.1 Å². The lowest BCUT2D eigenvalue weighted by atomic mass is 9.90. The molecule has 3 N–H and O–H groups in total. The highest BCUT2D eigenvalue weighted by Crippen LogP contribution is 2.44. The normalized spacial score (nSPS) is 24.7. The number of hydrogen-bond donors (Lipinski definition) is 3. The third kappa shape index (κ3) is 4.68. The van der Waals surface area contributed by atoms with Crippen molar-refractivity contribution in [2.75, 3.05) is 26.4 Å². The fourth-order valence-electron chi connectivity index (χ4n) is 5.49. The molecule has 5 atom stereocenters. The fourth-order valence-corrected chi connectivity index (χ4v) is 6.64. The lowest BCUT2D eigenvalue weighted by Gasteiger charge is -2.33. The summed E-state index contributed by atoms with van der Waals surface area (Å²) in [6.45, 7) is 6.11. The van der Waals surface area contributed by atoms with Gasteiger partial charge in [-0.1, -0.05) is 13.8 Å². The molecule has 4 rings (SSSR count). The topological polar surface area (TPSA) is 115 Å². The zero-order valence-electron chi connectivity index (χ0n) is 20.7. The minimum absolute atomic E-state index is 0.156. The second-order valence-corrected chi connectivity index (χ2v) is 11.9. The van der Waals surface area contributed by atoms with Crippen LogP contribution >= 0.6 is 0 Å². The summed E-state index contributed by atoms with van der Waals surface area (Å²) in [5.41, 5.74) is 1.48. The Labute approximate surface area is 205 Å². The number of aromatic nitrogens is 1. The Morgan fingerprint density at radius 1 is 1.23 bits per heavy atom. The summed E-state index contributed by atoms with van der Waals surface area (Å²) in [5, 5.41) is 6.57. The van der Waals surface area contributed by atoms with E-state index in [0.29, 0.717) is 18.5 Å². The molecular weight excluding hydrogens is 473 g/mol. The van der Waals surface area contributed by atoms with Gasteiger partial charge in [0.2, 0.25) is 21.8 Å². The van der Waals surface area contributed by atoms with Gasteiger partial charge in [-0.05, 0) is 50.1 Å². The van der Waals surface area contributed by atoms with E-state index in [4.69, 9.17) is 0 Å². The highest BCUT2D eigenvalue weighted by atomic mass is 32.2. The predicted octanol–water partition coefficient (Wildman–Crippen LogP) is 1.38. The standard InChI is InChI=1S/C24H34FN5O4S/c1-13(2)21(28-23(31)14(3)26-4)24(32)29-9-8-20-22(29)18(12-30(20)35(5,33)34)17-11-27-19-10-15(25)6-7-16(17)19/h6-7,10-11,13-14,18,20-22,26-27H,8-9,12H2,1-5H3,(H,28,31)/t14-,18+,20+,21-,22+/m0/s1. The van der Waals surface area contributed by atoms with Crippen LogP contribution in [0.4, 0.5) is 4.39 Å². The number of carbonyl (C=O) groups excluding carboxylic acids is 2. The monoisotopic (exact) mass is 507 g/mol. The molecule has 11 heteroatoms. The van der Waals surface area contributed by atoms with E-state index >= 15 is 0 Å². The van der Waals surface area contributed by atoms with E-state index < -0.39 is 22.1 Å². The van der Waals surface area contributed by atoms with Crippen molar-refractivity contribution in [1.82, 2.24) is 24.8 Å². The Balaban J connectivity index is 1.71. The van der Waals surface area contributed by atoms with E-state index in [0.717, 1.165) is 10.9 Å². The van der Waals surface area contributed by atoms with Crippen molar-refractivity contribution in [2.45, 2.75) is 57.3 Å². The zero-order chi connectivity index (χ0) is 25.7. The number of likely N-dealkylation sites (tertiary alicyclic amines) is 1. The highest BCUT2D eigenvalue weighted by molar-refractivity contribution is 7.88. The molecule has 9 nitrogen and oxygen atoms in total. The number of aromatic amines is 1. The van der Waals surface area contributed by atoms with Crippen LogP contribution in [0.25, 0.3) is 10.9 Å². The van der Waals surface area contributed by atoms with Crippen LogP contribution in [0, 0.1) is 11.7 Å². The molecule has 0 aliphatic carbocycles. The average molecular weight is 508 g/mol. The number of nitrogens with one attached hydrogen (secondary N) is 3. The Bertz CT molecular complexity index is 1230. The molecule has 0 saturated carbocycles. The Morgan fingerprint density at radius 3 is 2.57 bits per heavy atom. The summed E-state index contributed by atoms with van der Waals surface area (Å²) >= 11 is 0. The molecular formula is C24H34FN5O4S. The van der Waals surface area contributed by atoms with Gasteiger partial charge in [-0.15, -0.1) is 0 Å². The number of sulfonamides is 1. The van der Waals surface area contributed by atoms with Gasteiger partial charge in [0.15, 0.2) is 0 Å². The van der Waals surface area contributed by atoms with Crippen LogP contribution in [0.2, 0.25) is 0 Å². The number of H-pyrrole nitrogens is 1. The molecule has 2 amide bonds. The third-order valence-electron chi connectivity index (χ3n) is 7.42. The van der Waals surface area contributed by atoms with E-state index in [2.05, 4.69) is 15.6 Å². The maximum atomic E-state index is 13.8. The third-order valence-corrected chi connectivity index (χ3v) is 8.69. The first-order chi connectivity index (χ1) is 16.4. The molecule has 1 aromatic heterocycles. The number of halogens is 1. The predicted molar refractivity (Wildman–Crippen MR) is 132 cm³/mol. The summed E-state index contributed by atoms with van der Waals surface area (Å²) in [7, 11) is -1.83. The van der Waals surface area contributed by atoms with Crippen molar-refractivity contribution in [3.63, 3.8) is 0 Å². The Hall–Kier alpha value is -2.50. The van der Waals surface area contributed by atoms with Crippen LogP contribution in [-0.4, -0.2) is 85.0 Å². The minimum atomic E-state index is -3.51. The number of benzene rings is 1. The number of rotatable bonds is 7. The number of likely N-dealkylation sites (N-methyl/N-ethyl adjacent to an activating group) is 1. The summed E-state index contributed by atoms with van der Waals surface area (Å²) in [4.78, 5) is 31.2. The van der Waals surface area contributed by atoms with Gasteiger partial charge in [0.1, 0.15) is 11.9 Å². The summed E-state index contributed by atoms with van der Waals surface area (Å²) in [5.74, 6) is -1.29. The first-order valence-corrected chi connectivity index (χ1v) is 13.8. The smallest absolute Gasteiger partial charge is 0.245 e. The van der Waals surface area contributed by atoms with Crippen LogP contribution in [0.15, 0.2) is 24.4 Å². The number of hydrogen-bond acceptors (Lipinski definition) is 5. The van der Waals surface area contributed by atoms with Gasteiger partial charge in [-0.2, -0.15) is 4.31 Å². The minimum Gasteiger partial charge on any atom is -0.361 e. The van der Waals surface area contributed by atoms with E-state index in [1.54, 1.807) is 31.1 Å². The number of nitrogens with zero attached hydrogens (tertiary/aromatic N) is 2. The van der Waals surface area contributed by atoms with Crippen molar-refractivity contribution in [1.29, 1.82) is 0 Å². The van der Waals surface area contributed by atoms with Gasteiger partial charge in [0.25, 0.3) is 0 Å². The quantitative estimate of drug-likeness (QED) is 0.524. The van der Waals surface area contributed by atoms with E-state index in [1.807, 2.05) is 13.8 Å². The second-order valence-electron chi connectivity index (χ2n) is 9.99. The van der Waals surface area contributed by atoms with Crippen LogP contribution < -0.4 is 10.6 Å². The van der Waals surface area contributed by atoms with E-state index in [-0.39, 0.29) is 48.1 Å². The molecule has 3 heterocycles. The Morgan fingerprint density at radius 2 is 1.94 bits per heavy atom. The first kappa shape index (κ1) is 25.6. The van der Waals surface area contributed by atoms with Crippen molar-refractivity contribution >= 4 is 32.7 Å². The number of amides is 2. The molecule has 1 aromatic carbocycles. The molecule has 192 valence electrons. The SMILES string of the molecule is CN[C@@H](C)C(=O)N[C@H](C(=O)N1CC[C@@H]2[C@H]1[C@@H](c1c[nH]c3cc(F)ccc13)CN2S(C)(=O)=O)C(C)C. The highest BCUT2D eigenvalue weighted by Gasteiger charge is 2.54. The van der Waals surface area contributed by atoms with Gasteiger partial charge in [-0.3, -0.25) is 9.59 Å². The van der Waals surface area contributed by atoms with E-state index in [1.165, 1.54) is 22.7 Å². The molecule has 2 fully saturated rings. The molecule has 2 aromatic rings. The zero-order valence-corrected chi connectivity index (χ0v) is 21.5. The lowest BCUT2D eigenvalue weighted by molar-refractivity contribution is -0.139. The molecule has 0 spiro atoms. The fraction of sp³-hybridized carbons (Fsp3) is 0.583. The molecule has 2 aliphatic heterocycles. The first-order valence-electron chi connectivity index (χ1n) is 12.0. The molecule has 35 heavy (non-hydrogen) atoms. The summed E-state index contributed by atoms with van der Waals surface area (Å²) in [6.07, 6.45) is 3.50. The van der Waals surface area contributed by atoms with Gasteiger partial charge in [0.05, 0.1) is 18.3 Å². The second kappa shape index (κ2) is 9.51. The number of carbonyl (C=O) groups is 2. The van der Waals surface area contributed by atoms with Crippen LogP contribution in [-0.2, 0) is 19.6 Å². The summed E-state index contributed by atoms with van der Waals surface area (Å²) < 4.78 is 40.6. The lowest BCUT2D eigenvalue weighted by Crippen LogP contribution is -2.56. The largest absolute Gasteiger partial charge is 0.361 e. The van der Waals surface area contributed by atoms with Crippen molar-refractivity contribution in [3.8, 4) is 0 Å².